The normalized spacial score (nSPS) is 12.6. The van der Waals surface area contributed by atoms with Crippen LogP contribution in [0.5, 0.6) is 0 Å². The van der Waals surface area contributed by atoms with Crippen LogP contribution in [-0.4, -0.2) is 48.4 Å². The van der Waals surface area contributed by atoms with Crippen molar-refractivity contribution in [2.75, 3.05) is 26.7 Å². The van der Waals surface area contributed by atoms with E-state index < -0.39 is 0 Å². The van der Waals surface area contributed by atoms with E-state index >= 15 is 0 Å². The van der Waals surface area contributed by atoms with Crippen molar-refractivity contribution in [1.82, 2.24) is 9.80 Å². The predicted octanol–water partition coefficient (Wildman–Crippen LogP) is 2.53. The molecule has 0 radical (unpaired) electrons. The van der Waals surface area contributed by atoms with Crippen molar-refractivity contribution in [2.24, 2.45) is 0 Å². The van der Waals surface area contributed by atoms with Gasteiger partial charge in [0.2, 0.25) is 5.91 Å². The largest absolute Gasteiger partial charge is 0.338 e. The number of carbonyl (C=O) groups excluding carboxylic acids is 1. The van der Waals surface area contributed by atoms with Crippen molar-refractivity contribution < 1.29 is 4.79 Å². The van der Waals surface area contributed by atoms with Gasteiger partial charge >= 0.3 is 0 Å². The molecule has 3 heteroatoms. The molecule has 17 heavy (non-hydrogen) atoms. The molecule has 1 atom stereocenters. The molecule has 0 aliphatic rings. The Morgan fingerprint density at radius 3 is 2.35 bits per heavy atom. The summed E-state index contributed by atoms with van der Waals surface area (Å²) < 4.78 is 0. The quantitative estimate of drug-likeness (QED) is 0.609. The molecule has 3 nitrogen and oxygen atoms in total. The van der Waals surface area contributed by atoms with Gasteiger partial charge in [0.15, 0.2) is 0 Å². The van der Waals surface area contributed by atoms with Gasteiger partial charge in [-0.25, -0.2) is 0 Å². The van der Waals surface area contributed by atoms with E-state index in [1.54, 1.807) is 0 Å². The lowest BCUT2D eigenvalue weighted by atomic mass is 10.2. The maximum atomic E-state index is 12.3. The smallest absolute Gasteiger partial charge is 0.239 e. The minimum absolute atomic E-state index is 0.0409. The molecule has 1 unspecified atom stereocenters. The van der Waals surface area contributed by atoms with Crippen LogP contribution in [0.25, 0.3) is 0 Å². The molecule has 0 bridgehead atoms. The highest BCUT2D eigenvalue weighted by Crippen LogP contribution is 2.05. The molecule has 100 valence electrons. The van der Waals surface area contributed by atoms with Crippen LogP contribution in [0.4, 0.5) is 0 Å². The maximum absolute atomic E-state index is 12.3. The second kappa shape index (κ2) is 8.29. The van der Waals surface area contributed by atoms with Crippen LogP contribution in [0, 0.1) is 0 Å². The molecule has 0 saturated carbocycles. The summed E-state index contributed by atoms with van der Waals surface area (Å²) in [6.45, 7) is 14.4. The van der Waals surface area contributed by atoms with Gasteiger partial charge in [0.1, 0.15) is 0 Å². The first-order chi connectivity index (χ1) is 7.93. The molecule has 0 fully saturated rings. The van der Waals surface area contributed by atoms with Crippen molar-refractivity contribution in [3.63, 3.8) is 0 Å². The monoisotopic (exact) mass is 240 g/mol. The molecular weight excluding hydrogens is 212 g/mol. The van der Waals surface area contributed by atoms with Crippen molar-refractivity contribution in [3.8, 4) is 0 Å². The third-order valence-electron chi connectivity index (χ3n) is 3.04. The van der Waals surface area contributed by atoms with E-state index in [2.05, 4.69) is 18.4 Å². The summed E-state index contributed by atoms with van der Waals surface area (Å²) >= 11 is 0. The molecule has 0 aliphatic heterocycles. The Labute approximate surface area is 106 Å². The van der Waals surface area contributed by atoms with E-state index in [0.717, 1.165) is 31.5 Å². The average molecular weight is 240 g/mol. The van der Waals surface area contributed by atoms with E-state index in [0.29, 0.717) is 6.54 Å². The topological polar surface area (TPSA) is 23.6 Å². The molecule has 0 rings (SSSR count). The van der Waals surface area contributed by atoms with Crippen molar-refractivity contribution in [3.05, 3.63) is 12.2 Å². The van der Waals surface area contributed by atoms with Crippen LogP contribution in [0.3, 0.4) is 0 Å². The van der Waals surface area contributed by atoms with Gasteiger partial charge in [-0.3, -0.25) is 9.69 Å². The predicted molar refractivity (Wildman–Crippen MR) is 74.1 cm³/mol. The fraction of sp³-hybridized carbons (Fsp3) is 0.786. The molecular formula is C14H28N2O. The lowest BCUT2D eigenvalue weighted by Crippen LogP contribution is -2.46. The standard InChI is InChI=1S/C14H28N2O/c1-7-9-10-15(6)13(5)14(17)16(8-2)11-12(3)4/h13H,3,7-11H2,1-2,4-6H3. The fourth-order valence-electron chi connectivity index (χ4n) is 1.73. The summed E-state index contributed by atoms with van der Waals surface area (Å²) in [5.41, 5.74) is 1.03. The van der Waals surface area contributed by atoms with E-state index in [4.69, 9.17) is 0 Å². The Morgan fingerprint density at radius 2 is 1.94 bits per heavy atom. The number of likely N-dealkylation sites (N-methyl/N-ethyl adjacent to an activating group) is 2. The first kappa shape index (κ1) is 16.2. The van der Waals surface area contributed by atoms with Gasteiger partial charge in [-0.15, -0.1) is 0 Å². The Morgan fingerprint density at radius 1 is 1.35 bits per heavy atom. The molecule has 0 aromatic carbocycles. The average Bonchev–Trinajstić information content (AvgIpc) is 2.30. The summed E-state index contributed by atoms with van der Waals surface area (Å²) in [6, 6.07) is -0.0409. The van der Waals surface area contributed by atoms with E-state index in [1.165, 1.54) is 0 Å². The Hall–Kier alpha value is -0.830. The molecule has 0 aliphatic carbocycles. The van der Waals surface area contributed by atoms with Crippen LogP contribution >= 0.6 is 0 Å². The molecule has 0 spiro atoms. The number of amides is 1. The number of hydrogen-bond donors (Lipinski definition) is 0. The van der Waals surface area contributed by atoms with Crippen LogP contribution in [0.1, 0.15) is 40.5 Å². The highest BCUT2D eigenvalue weighted by atomic mass is 16.2. The number of hydrogen-bond acceptors (Lipinski definition) is 2. The lowest BCUT2D eigenvalue weighted by Gasteiger charge is -2.30. The van der Waals surface area contributed by atoms with E-state index in [1.807, 2.05) is 32.7 Å². The lowest BCUT2D eigenvalue weighted by molar-refractivity contribution is -0.135. The Bertz CT molecular complexity index is 251. The highest BCUT2D eigenvalue weighted by Gasteiger charge is 2.22. The third-order valence-corrected chi connectivity index (χ3v) is 3.04. The van der Waals surface area contributed by atoms with Crippen molar-refractivity contribution >= 4 is 5.91 Å². The molecule has 0 heterocycles. The Kier molecular flexibility index (Phi) is 7.88. The first-order valence-corrected chi connectivity index (χ1v) is 6.57. The zero-order valence-corrected chi connectivity index (χ0v) is 12.1. The van der Waals surface area contributed by atoms with Crippen molar-refractivity contribution in [2.45, 2.75) is 46.6 Å². The molecule has 0 aromatic heterocycles. The van der Waals surface area contributed by atoms with Gasteiger partial charge in [0, 0.05) is 13.1 Å². The van der Waals surface area contributed by atoms with E-state index in [-0.39, 0.29) is 11.9 Å². The highest BCUT2D eigenvalue weighted by molar-refractivity contribution is 5.81. The van der Waals surface area contributed by atoms with Crippen LogP contribution in [0.2, 0.25) is 0 Å². The second-order valence-corrected chi connectivity index (χ2v) is 4.82. The van der Waals surface area contributed by atoms with Gasteiger partial charge in [-0.2, -0.15) is 0 Å². The minimum Gasteiger partial charge on any atom is -0.338 e. The number of unbranched alkanes of at least 4 members (excludes halogenated alkanes) is 1. The summed E-state index contributed by atoms with van der Waals surface area (Å²) in [5.74, 6) is 0.203. The summed E-state index contributed by atoms with van der Waals surface area (Å²) in [7, 11) is 2.02. The summed E-state index contributed by atoms with van der Waals surface area (Å²) in [5, 5.41) is 0. The molecule has 0 aromatic rings. The van der Waals surface area contributed by atoms with Gasteiger partial charge in [0.05, 0.1) is 6.04 Å². The Balaban J connectivity index is 4.38. The fourth-order valence-corrected chi connectivity index (χ4v) is 1.73. The molecule has 1 amide bonds. The van der Waals surface area contributed by atoms with Gasteiger partial charge in [-0.1, -0.05) is 25.5 Å². The SMILES string of the molecule is C=C(C)CN(CC)C(=O)C(C)N(C)CCCC. The first-order valence-electron chi connectivity index (χ1n) is 6.57. The van der Waals surface area contributed by atoms with Gasteiger partial charge in [0.25, 0.3) is 0 Å². The zero-order chi connectivity index (χ0) is 13.4. The van der Waals surface area contributed by atoms with Crippen LogP contribution in [0.15, 0.2) is 12.2 Å². The van der Waals surface area contributed by atoms with Gasteiger partial charge in [-0.05, 0) is 40.8 Å². The zero-order valence-electron chi connectivity index (χ0n) is 12.1. The van der Waals surface area contributed by atoms with Crippen molar-refractivity contribution in [1.29, 1.82) is 0 Å². The number of rotatable bonds is 8. The summed E-state index contributed by atoms with van der Waals surface area (Å²) in [4.78, 5) is 16.3. The minimum atomic E-state index is -0.0409. The second-order valence-electron chi connectivity index (χ2n) is 4.82. The maximum Gasteiger partial charge on any atom is 0.239 e. The third kappa shape index (κ3) is 5.87. The molecule has 0 N–H and O–H groups in total. The van der Waals surface area contributed by atoms with Gasteiger partial charge < -0.3 is 4.90 Å². The number of carbonyl (C=O) groups is 1. The summed E-state index contributed by atoms with van der Waals surface area (Å²) in [6.07, 6.45) is 2.30. The number of nitrogens with zero attached hydrogens (tertiary/aromatic N) is 2. The van der Waals surface area contributed by atoms with E-state index in [9.17, 15) is 4.79 Å². The van der Waals surface area contributed by atoms with Crippen LogP contribution < -0.4 is 0 Å². The van der Waals surface area contributed by atoms with Crippen LogP contribution in [-0.2, 0) is 4.79 Å². The molecule has 0 saturated heterocycles.